The van der Waals surface area contributed by atoms with Crippen molar-refractivity contribution in [1.82, 2.24) is 5.32 Å². The number of benzene rings is 1. The van der Waals surface area contributed by atoms with E-state index in [0.717, 1.165) is 6.54 Å². The molecule has 1 aromatic rings. The largest absolute Gasteiger partial charge is 0.355 e. The summed E-state index contributed by atoms with van der Waals surface area (Å²) in [6.45, 7) is 13.8. The van der Waals surface area contributed by atoms with E-state index < -0.39 is 0 Å². The molecule has 0 aromatic heterocycles. The van der Waals surface area contributed by atoms with Crippen LogP contribution in [0.4, 0.5) is 0 Å². The number of hydrogen-bond donors (Lipinski definition) is 1. The van der Waals surface area contributed by atoms with Crippen LogP contribution in [-0.2, 0) is 4.79 Å². The van der Waals surface area contributed by atoms with Crippen LogP contribution in [0.1, 0.15) is 38.8 Å². The van der Waals surface area contributed by atoms with Crippen LogP contribution in [0.25, 0.3) is 0 Å². The molecule has 0 aliphatic carbocycles. The lowest BCUT2D eigenvalue weighted by Gasteiger charge is -2.25. The second kappa shape index (κ2) is 8.47. The van der Waals surface area contributed by atoms with E-state index in [9.17, 15) is 4.79 Å². The molecule has 3 heteroatoms. The van der Waals surface area contributed by atoms with Crippen LogP contribution in [0.15, 0.2) is 23.1 Å². The molecule has 1 rings (SSSR count). The first-order valence-corrected chi connectivity index (χ1v) is 8.76. The highest BCUT2D eigenvalue weighted by molar-refractivity contribution is 8.00. The van der Waals surface area contributed by atoms with E-state index in [1.54, 1.807) is 11.8 Å². The predicted molar refractivity (Wildman–Crippen MR) is 92.8 cm³/mol. The number of rotatable bonds is 7. The van der Waals surface area contributed by atoms with E-state index in [2.05, 4.69) is 65.1 Å². The lowest BCUT2D eigenvalue weighted by molar-refractivity contribution is -0.118. The first-order chi connectivity index (χ1) is 9.81. The molecular formula is C18H29NOS. The molecule has 0 aliphatic heterocycles. The van der Waals surface area contributed by atoms with Crippen molar-refractivity contribution in [2.24, 2.45) is 17.8 Å². The Hall–Kier alpha value is -0.960. The Bertz CT molecular complexity index is 460. The molecule has 0 atom stereocenters. The molecule has 118 valence electrons. The molecule has 0 spiro atoms. The van der Waals surface area contributed by atoms with Gasteiger partial charge in [0.25, 0.3) is 0 Å². The molecule has 0 aliphatic rings. The summed E-state index contributed by atoms with van der Waals surface area (Å²) >= 11 is 1.63. The van der Waals surface area contributed by atoms with Gasteiger partial charge in [0.15, 0.2) is 0 Å². The van der Waals surface area contributed by atoms with Crippen molar-refractivity contribution in [2.75, 3.05) is 12.3 Å². The summed E-state index contributed by atoms with van der Waals surface area (Å²) in [5.74, 6) is 2.36. The highest BCUT2D eigenvalue weighted by Crippen LogP contribution is 2.23. The minimum Gasteiger partial charge on any atom is -0.355 e. The Morgan fingerprint density at radius 3 is 2.33 bits per heavy atom. The fraction of sp³-hybridized carbons (Fsp3) is 0.611. The average molecular weight is 308 g/mol. The SMILES string of the molecule is Cc1ccc(C)c(SCC(=O)NCC(C(C)C)C(C)C)c1. The van der Waals surface area contributed by atoms with Crippen molar-refractivity contribution < 1.29 is 4.79 Å². The Kier molecular flexibility index (Phi) is 7.30. The van der Waals surface area contributed by atoms with E-state index in [-0.39, 0.29) is 5.91 Å². The van der Waals surface area contributed by atoms with E-state index in [1.807, 2.05) is 0 Å². The highest BCUT2D eigenvalue weighted by Gasteiger charge is 2.18. The van der Waals surface area contributed by atoms with Crippen LogP contribution >= 0.6 is 11.8 Å². The summed E-state index contributed by atoms with van der Waals surface area (Å²) in [5.41, 5.74) is 2.48. The third-order valence-electron chi connectivity index (χ3n) is 3.95. The standard InChI is InChI=1S/C18H29NOS/c1-12(2)16(13(3)4)10-19-18(20)11-21-17-9-14(5)7-8-15(17)6/h7-9,12-13,16H,10-11H2,1-6H3,(H,19,20). The predicted octanol–water partition coefficient (Wildman–Crippen LogP) is 4.44. The van der Waals surface area contributed by atoms with E-state index in [4.69, 9.17) is 0 Å². The van der Waals surface area contributed by atoms with Gasteiger partial charge in [-0.25, -0.2) is 0 Å². The number of nitrogens with one attached hydrogen (secondary N) is 1. The summed E-state index contributed by atoms with van der Waals surface area (Å²) in [5, 5.41) is 3.09. The number of carbonyl (C=O) groups is 1. The molecule has 2 nitrogen and oxygen atoms in total. The molecule has 0 saturated heterocycles. The number of aryl methyl sites for hydroxylation is 2. The quantitative estimate of drug-likeness (QED) is 0.755. The zero-order valence-corrected chi connectivity index (χ0v) is 15.0. The number of carbonyl (C=O) groups excluding carboxylic acids is 1. The van der Waals surface area contributed by atoms with Crippen LogP contribution in [0.5, 0.6) is 0 Å². The van der Waals surface area contributed by atoms with E-state index in [1.165, 1.54) is 16.0 Å². The van der Waals surface area contributed by atoms with Gasteiger partial charge in [-0.2, -0.15) is 0 Å². The van der Waals surface area contributed by atoms with Crippen molar-refractivity contribution >= 4 is 17.7 Å². The van der Waals surface area contributed by atoms with E-state index in [0.29, 0.717) is 23.5 Å². The zero-order valence-electron chi connectivity index (χ0n) is 14.2. The Morgan fingerprint density at radius 2 is 1.76 bits per heavy atom. The second-order valence-corrected chi connectivity index (χ2v) is 7.53. The molecular weight excluding hydrogens is 278 g/mol. The summed E-state index contributed by atoms with van der Waals surface area (Å²) in [6, 6.07) is 6.37. The molecule has 1 aromatic carbocycles. The Morgan fingerprint density at radius 1 is 1.14 bits per heavy atom. The molecule has 0 bridgehead atoms. The lowest BCUT2D eigenvalue weighted by Crippen LogP contribution is -2.34. The van der Waals surface area contributed by atoms with Gasteiger partial charge in [-0.05, 0) is 43.2 Å². The molecule has 1 amide bonds. The van der Waals surface area contributed by atoms with Gasteiger partial charge in [0.2, 0.25) is 5.91 Å². The zero-order chi connectivity index (χ0) is 16.0. The van der Waals surface area contributed by atoms with E-state index >= 15 is 0 Å². The van der Waals surface area contributed by atoms with Crippen molar-refractivity contribution in [3.05, 3.63) is 29.3 Å². The van der Waals surface area contributed by atoms with Crippen molar-refractivity contribution in [3.63, 3.8) is 0 Å². The van der Waals surface area contributed by atoms with Crippen LogP contribution < -0.4 is 5.32 Å². The number of thioether (sulfide) groups is 1. The normalized spacial score (nSPS) is 11.5. The minimum atomic E-state index is 0.132. The van der Waals surface area contributed by atoms with Crippen LogP contribution in [-0.4, -0.2) is 18.2 Å². The van der Waals surface area contributed by atoms with Gasteiger partial charge in [0.1, 0.15) is 0 Å². The van der Waals surface area contributed by atoms with Crippen LogP contribution in [0, 0.1) is 31.6 Å². The summed E-state index contributed by atoms with van der Waals surface area (Å²) in [7, 11) is 0. The number of amides is 1. The molecule has 0 saturated carbocycles. The fourth-order valence-electron chi connectivity index (χ4n) is 2.53. The van der Waals surface area contributed by atoms with Gasteiger partial charge in [-0.3, -0.25) is 4.79 Å². The fourth-order valence-corrected chi connectivity index (χ4v) is 3.48. The van der Waals surface area contributed by atoms with Crippen LogP contribution in [0.2, 0.25) is 0 Å². The maximum Gasteiger partial charge on any atom is 0.230 e. The molecule has 0 radical (unpaired) electrons. The van der Waals surface area contributed by atoms with Gasteiger partial charge in [0, 0.05) is 11.4 Å². The first kappa shape index (κ1) is 18.1. The molecule has 1 N–H and O–H groups in total. The Balaban J connectivity index is 2.45. The number of hydrogen-bond acceptors (Lipinski definition) is 2. The summed E-state index contributed by atoms with van der Waals surface area (Å²) < 4.78 is 0. The molecule has 21 heavy (non-hydrogen) atoms. The van der Waals surface area contributed by atoms with Crippen molar-refractivity contribution in [2.45, 2.75) is 46.4 Å². The summed E-state index contributed by atoms with van der Waals surface area (Å²) in [4.78, 5) is 13.2. The van der Waals surface area contributed by atoms with Gasteiger partial charge in [-0.1, -0.05) is 45.4 Å². The van der Waals surface area contributed by atoms with Crippen LogP contribution in [0.3, 0.4) is 0 Å². The smallest absolute Gasteiger partial charge is 0.230 e. The molecule has 0 heterocycles. The second-order valence-electron chi connectivity index (χ2n) is 6.51. The summed E-state index contributed by atoms with van der Waals surface area (Å²) in [6.07, 6.45) is 0. The van der Waals surface area contributed by atoms with Gasteiger partial charge < -0.3 is 5.32 Å². The van der Waals surface area contributed by atoms with Crippen molar-refractivity contribution in [1.29, 1.82) is 0 Å². The maximum absolute atomic E-state index is 12.0. The monoisotopic (exact) mass is 307 g/mol. The topological polar surface area (TPSA) is 29.1 Å². The third-order valence-corrected chi connectivity index (χ3v) is 5.11. The first-order valence-electron chi connectivity index (χ1n) is 7.78. The maximum atomic E-state index is 12.0. The Labute approximate surface area is 134 Å². The lowest BCUT2D eigenvalue weighted by atomic mass is 9.85. The van der Waals surface area contributed by atoms with Crippen molar-refractivity contribution in [3.8, 4) is 0 Å². The minimum absolute atomic E-state index is 0.132. The van der Waals surface area contributed by atoms with Gasteiger partial charge in [-0.15, -0.1) is 11.8 Å². The highest BCUT2D eigenvalue weighted by atomic mass is 32.2. The average Bonchev–Trinajstić information content (AvgIpc) is 2.39. The molecule has 0 unspecified atom stereocenters. The van der Waals surface area contributed by atoms with Gasteiger partial charge >= 0.3 is 0 Å². The molecule has 0 fully saturated rings. The third kappa shape index (κ3) is 6.13. The van der Waals surface area contributed by atoms with Gasteiger partial charge in [0.05, 0.1) is 5.75 Å².